The standard InChI is InChI=1S/C19H18Cl2N4O2/c1-19(2)10-16(26)24-25-17(19)11-4-3-5-13(8-11)22-18(27)23-15-7-6-12(20)9-14(15)21/h3-9H,10H2,1-2H3,(H,24,26)(H2,22,23,27). The van der Waals surface area contributed by atoms with Crippen molar-refractivity contribution < 1.29 is 9.59 Å². The van der Waals surface area contributed by atoms with Crippen LogP contribution < -0.4 is 16.1 Å². The van der Waals surface area contributed by atoms with Gasteiger partial charge in [0.15, 0.2) is 0 Å². The van der Waals surface area contributed by atoms with Gasteiger partial charge in [-0.3, -0.25) is 4.79 Å². The Morgan fingerprint density at radius 1 is 1.15 bits per heavy atom. The Morgan fingerprint density at radius 3 is 2.63 bits per heavy atom. The third-order valence-electron chi connectivity index (χ3n) is 4.11. The van der Waals surface area contributed by atoms with E-state index in [-0.39, 0.29) is 5.91 Å². The number of amides is 3. The quantitative estimate of drug-likeness (QED) is 0.680. The SMILES string of the molecule is CC1(C)CC(=O)NN=C1c1cccc(NC(=O)Nc2ccc(Cl)cc2Cl)c1. The first kappa shape index (κ1) is 19.2. The van der Waals surface area contributed by atoms with Crippen molar-refractivity contribution >= 4 is 52.2 Å². The summed E-state index contributed by atoms with van der Waals surface area (Å²) in [6, 6.07) is 11.7. The number of anilines is 2. The summed E-state index contributed by atoms with van der Waals surface area (Å²) in [6.07, 6.45) is 0.346. The molecule has 27 heavy (non-hydrogen) atoms. The average molecular weight is 405 g/mol. The maximum atomic E-state index is 12.3. The van der Waals surface area contributed by atoms with E-state index in [0.29, 0.717) is 27.8 Å². The van der Waals surface area contributed by atoms with Crippen molar-refractivity contribution in [2.45, 2.75) is 20.3 Å². The summed E-state index contributed by atoms with van der Waals surface area (Å²) in [4.78, 5) is 23.9. The van der Waals surface area contributed by atoms with Gasteiger partial charge in [0.1, 0.15) is 0 Å². The molecule has 1 aliphatic heterocycles. The van der Waals surface area contributed by atoms with Crippen LogP contribution >= 0.6 is 23.2 Å². The second kappa shape index (κ2) is 7.58. The molecule has 0 aliphatic carbocycles. The van der Waals surface area contributed by atoms with Crippen LogP contribution in [-0.2, 0) is 4.79 Å². The van der Waals surface area contributed by atoms with Crippen LogP contribution in [0.1, 0.15) is 25.8 Å². The fourth-order valence-corrected chi connectivity index (χ4v) is 3.33. The lowest BCUT2D eigenvalue weighted by Crippen LogP contribution is -2.39. The Bertz CT molecular complexity index is 941. The second-order valence-corrected chi connectivity index (χ2v) is 7.68. The van der Waals surface area contributed by atoms with Crippen molar-refractivity contribution in [3.63, 3.8) is 0 Å². The predicted octanol–water partition coefficient (Wildman–Crippen LogP) is 4.89. The number of nitrogens with zero attached hydrogens (tertiary/aromatic N) is 1. The number of halogens is 2. The number of nitrogens with one attached hydrogen (secondary N) is 3. The minimum absolute atomic E-state index is 0.114. The molecule has 3 rings (SSSR count). The number of urea groups is 1. The zero-order valence-corrected chi connectivity index (χ0v) is 16.3. The van der Waals surface area contributed by atoms with E-state index in [2.05, 4.69) is 21.2 Å². The fraction of sp³-hybridized carbons (Fsp3) is 0.211. The first-order valence-corrected chi connectivity index (χ1v) is 9.01. The lowest BCUT2D eigenvalue weighted by atomic mass is 9.79. The van der Waals surface area contributed by atoms with E-state index in [4.69, 9.17) is 23.2 Å². The number of rotatable bonds is 3. The topological polar surface area (TPSA) is 82.6 Å². The summed E-state index contributed by atoms with van der Waals surface area (Å²) >= 11 is 11.9. The van der Waals surface area contributed by atoms with Crippen molar-refractivity contribution in [3.8, 4) is 0 Å². The molecule has 0 saturated carbocycles. The Labute approximate surface area is 166 Å². The summed E-state index contributed by atoms with van der Waals surface area (Å²) in [5.74, 6) is -0.114. The van der Waals surface area contributed by atoms with Crippen LogP contribution in [-0.4, -0.2) is 17.6 Å². The molecule has 0 aromatic heterocycles. The Balaban J connectivity index is 1.76. The largest absolute Gasteiger partial charge is 0.323 e. The zero-order valence-electron chi connectivity index (χ0n) is 14.8. The molecule has 0 fully saturated rings. The Hall–Kier alpha value is -2.57. The lowest BCUT2D eigenvalue weighted by Gasteiger charge is -2.29. The van der Waals surface area contributed by atoms with Gasteiger partial charge in [-0.15, -0.1) is 0 Å². The molecule has 3 N–H and O–H groups in total. The maximum absolute atomic E-state index is 12.3. The fourth-order valence-electron chi connectivity index (χ4n) is 2.87. The monoisotopic (exact) mass is 404 g/mol. The molecule has 3 amide bonds. The summed E-state index contributed by atoms with van der Waals surface area (Å²) < 4.78 is 0. The summed E-state index contributed by atoms with van der Waals surface area (Å²) in [6.45, 7) is 3.92. The minimum atomic E-state index is -0.436. The highest BCUT2D eigenvalue weighted by Gasteiger charge is 2.33. The van der Waals surface area contributed by atoms with E-state index in [1.165, 1.54) is 0 Å². The molecule has 2 aromatic rings. The molecule has 0 saturated heterocycles. The number of hydrazone groups is 1. The molecule has 2 aromatic carbocycles. The number of benzene rings is 2. The van der Waals surface area contributed by atoms with Gasteiger partial charge in [0, 0.05) is 28.1 Å². The predicted molar refractivity (Wildman–Crippen MR) is 109 cm³/mol. The molecule has 0 spiro atoms. The van der Waals surface area contributed by atoms with Crippen LogP contribution in [0.4, 0.5) is 16.2 Å². The first-order chi connectivity index (χ1) is 12.7. The highest BCUT2D eigenvalue weighted by atomic mass is 35.5. The molecule has 0 bridgehead atoms. The molecule has 0 atom stereocenters. The molecule has 6 nitrogen and oxygen atoms in total. The van der Waals surface area contributed by atoms with Gasteiger partial charge in [-0.1, -0.05) is 49.2 Å². The summed E-state index contributed by atoms with van der Waals surface area (Å²) in [7, 11) is 0. The van der Waals surface area contributed by atoms with Crippen LogP contribution in [0.15, 0.2) is 47.6 Å². The number of carbonyl (C=O) groups is 2. The van der Waals surface area contributed by atoms with E-state index in [0.717, 1.165) is 11.3 Å². The molecule has 1 aliphatic rings. The van der Waals surface area contributed by atoms with Gasteiger partial charge in [0.05, 0.1) is 16.4 Å². The Morgan fingerprint density at radius 2 is 1.93 bits per heavy atom. The van der Waals surface area contributed by atoms with Crippen molar-refractivity contribution in [2.24, 2.45) is 10.5 Å². The third kappa shape index (κ3) is 4.59. The van der Waals surface area contributed by atoms with Gasteiger partial charge in [-0.2, -0.15) is 5.10 Å². The van der Waals surface area contributed by atoms with Gasteiger partial charge >= 0.3 is 6.03 Å². The average Bonchev–Trinajstić information content (AvgIpc) is 2.56. The highest BCUT2D eigenvalue weighted by Crippen LogP contribution is 2.30. The van der Waals surface area contributed by atoms with Crippen molar-refractivity contribution in [2.75, 3.05) is 10.6 Å². The zero-order chi connectivity index (χ0) is 19.6. The molecule has 1 heterocycles. The van der Waals surface area contributed by atoms with Gasteiger partial charge in [0.25, 0.3) is 0 Å². The number of hydrogen-bond donors (Lipinski definition) is 3. The minimum Gasteiger partial charge on any atom is -0.308 e. The molecule has 140 valence electrons. The molecule has 0 radical (unpaired) electrons. The second-order valence-electron chi connectivity index (χ2n) is 6.84. The molecular weight excluding hydrogens is 387 g/mol. The van der Waals surface area contributed by atoms with E-state index < -0.39 is 11.4 Å². The summed E-state index contributed by atoms with van der Waals surface area (Å²) in [5.41, 5.74) is 4.73. The van der Waals surface area contributed by atoms with Crippen LogP contribution in [0.3, 0.4) is 0 Å². The van der Waals surface area contributed by atoms with E-state index in [9.17, 15) is 9.59 Å². The van der Waals surface area contributed by atoms with Crippen molar-refractivity contribution in [3.05, 3.63) is 58.1 Å². The Kier molecular flexibility index (Phi) is 5.39. The van der Waals surface area contributed by atoms with E-state index in [1.807, 2.05) is 26.0 Å². The van der Waals surface area contributed by atoms with Crippen LogP contribution in [0.5, 0.6) is 0 Å². The lowest BCUT2D eigenvalue weighted by molar-refractivity contribution is -0.122. The number of hydrogen-bond acceptors (Lipinski definition) is 3. The summed E-state index contributed by atoms with van der Waals surface area (Å²) in [5, 5.41) is 10.5. The van der Waals surface area contributed by atoms with Crippen molar-refractivity contribution in [1.82, 2.24) is 5.43 Å². The van der Waals surface area contributed by atoms with Gasteiger partial charge in [-0.05, 0) is 30.3 Å². The van der Waals surface area contributed by atoms with E-state index in [1.54, 1.807) is 30.3 Å². The van der Waals surface area contributed by atoms with Crippen LogP contribution in [0.25, 0.3) is 0 Å². The van der Waals surface area contributed by atoms with Gasteiger partial charge in [0.2, 0.25) is 5.91 Å². The van der Waals surface area contributed by atoms with Gasteiger partial charge in [-0.25, -0.2) is 10.2 Å². The highest BCUT2D eigenvalue weighted by molar-refractivity contribution is 6.36. The van der Waals surface area contributed by atoms with Crippen molar-refractivity contribution in [1.29, 1.82) is 0 Å². The number of carbonyl (C=O) groups excluding carboxylic acids is 2. The molecule has 0 unspecified atom stereocenters. The third-order valence-corrected chi connectivity index (χ3v) is 4.66. The maximum Gasteiger partial charge on any atom is 0.323 e. The normalized spacial score (nSPS) is 15.6. The van der Waals surface area contributed by atoms with Crippen LogP contribution in [0.2, 0.25) is 10.0 Å². The van der Waals surface area contributed by atoms with E-state index >= 15 is 0 Å². The first-order valence-electron chi connectivity index (χ1n) is 8.25. The smallest absolute Gasteiger partial charge is 0.308 e. The van der Waals surface area contributed by atoms with Crippen LogP contribution in [0, 0.1) is 5.41 Å². The van der Waals surface area contributed by atoms with Gasteiger partial charge < -0.3 is 10.6 Å². The molecule has 8 heteroatoms. The molecular formula is C19H18Cl2N4O2.